The predicted molar refractivity (Wildman–Crippen MR) is 71.8 cm³/mol. The van der Waals surface area contributed by atoms with Gasteiger partial charge in [-0.05, 0) is 24.6 Å². The number of halogens is 2. The Labute approximate surface area is 116 Å². The largest absolute Gasteiger partial charge is 0.383 e. The molecule has 108 valence electrons. The van der Waals surface area contributed by atoms with Crippen molar-refractivity contribution in [3.05, 3.63) is 47.5 Å². The van der Waals surface area contributed by atoms with Gasteiger partial charge in [-0.1, -0.05) is 0 Å². The minimum atomic E-state index is -0.602. The minimum Gasteiger partial charge on any atom is -0.383 e. The number of imidazole rings is 1. The van der Waals surface area contributed by atoms with E-state index >= 15 is 0 Å². The highest BCUT2D eigenvalue weighted by molar-refractivity contribution is 5.39. The number of hydrogen-bond donors (Lipinski definition) is 1. The molecule has 0 fully saturated rings. The van der Waals surface area contributed by atoms with Gasteiger partial charge in [-0.15, -0.1) is 0 Å². The quantitative estimate of drug-likeness (QED) is 0.825. The summed E-state index contributed by atoms with van der Waals surface area (Å²) in [7, 11) is 1.60. The molecule has 0 spiro atoms. The second-order valence-electron chi connectivity index (χ2n) is 4.42. The number of aryl methyl sites for hydroxylation is 1. The van der Waals surface area contributed by atoms with Gasteiger partial charge in [0.05, 0.1) is 6.61 Å². The van der Waals surface area contributed by atoms with Crippen molar-refractivity contribution in [3.8, 4) is 5.69 Å². The number of methoxy groups -OCH3 is 1. The second kappa shape index (κ2) is 6.58. The van der Waals surface area contributed by atoms with Gasteiger partial charge in [0, 0.05) is 32.6 Å². The lowest BCUT2D eigenvalue weighted by molar-refractivity contribution is 0.199. The number of ether oxygens (including phenoxy) is 1. The highest BCUT2D eigenvalue weighted by Gasteiger charge is 2.14. The lowest BCUT2D eigenvalue weighted by atomic mass is 10.1. The Hall–Kier alpha value is -1.79. The van der Waals surface area contributed by atoms with E-state index in [2.05, 4.69) is 10.3 Å². The van der Waals surface area contributed by atoms with E-state index in [9.17, 15) is 8.78 Å². The molecular formula is C14H17F2N3O. The molecule has 6 heteroatoms. The molecule has 2 rings (SSSR count). The van der Waals surface area contributed by atoms with E-state index in [1.807, 2.05) is 0 Å². The Bertz CT molecular complexity index is 561. The molecule has 0 bridgehead atoms. The van der Waals surface area contributed by atoms with Gasteiger partial charge in [-0.3, -0.25) is 4.57 Å². The van der Waals surface area contributed by atoms with E-state index in [1.54, 1.807) is 14.0 Å². The normalized spacial score (nSPS) is 11.0. The molecule has 1 heterocycles. The van der Waals surface area contributed by atoms with Gasteiger partial charge < -0.3 is 10.1 Å². The average Bonchev–Trinajstić information content (AvgIpc) is 2.80. The molecule has 1 aromatic carbocycles. The molecule has 0 amide bonds. The standard InChI is InChI=1S/C14H17F2N3O/c1-10-18-3-5-19(10)14-12(15)7-11(8-13(14)16)9-17-4-6-20-2/h3,5,7-8,17H,4,6,9H2,1-2H3. The molecule has 20 heavy (non-hydrogen) atoms. The first-order valence-electron chi connectivity index (χ1n) is 6.31. The number of benzene rings is 1. The zero-order valence-corrected chi connectivity index (χ0v) is 11.5. The van der Waals surface area contributed by atoms with E-state index < -0.39 is 11.6 Å². The smallest absolute Gasteiger partial charge is 0.150 e. The van der Waals surface area contributed by atoms with Crippen LogP contribution < -0.4 is 5.32 Å². The fourth-order valence-corrected chi connectivity index (χ4v) is 1.97. The third kappa shape index (κ3) is 3.20. The average molecular weight is 281 g/mol. The van der Waals surface area contributed by atoms with Crippen molar-refractivity contribution < 1.29 is 13.5 Å². The zero-order valence-electron chi connectivity index (χ0n) is 11.5. The lowest BCUT2D eigenvalue weighted by Gasteiger charge is -2.11. The van der Waals surface area contributed by atoms with Crippen LogP contribution in [0.1, 0.15) is 11.4 Å². The molecule has 0 aliphatic heterocycles. The first-order valence-corrected chi connectivity index (χ1v) is 6.31. The third-order valence-electron chi connectivity index (χ3n) is 2.96. The highest BCUT2D eigenvalue weighted by Crippen LogP contribution is 2.21. The summed E-state index contributed by atoms with van der Waals surface area (Å²) in [6, 6.07) is 2.66. The van der Waals surface area contributed by atoms with E-state index in [1.165, 1.54) is 29.1 Å². The Morgan fingerprint density at radius 3 is 2.55 bits per heavy atom. The number of hydrogen-bond acceptors (Lipinski definition) is 3. The second-order valence-corrected chi connectivity index (χ2v) is 4.42. The molecular weight excluding hydrogens is 264 g/mol. The van der Waals surface area contributed by atoms with Crippen molar-refractivity contribution in [2.75, 3.05) is 20.3 Å². The maximum atomic E-state index is 14.1. The molecule has 4 nitrogen and oxygen atoms in total. The summed E-state index contributed by atoms with van der Waals surface area (Å²) in [5.41, 5.74) is 0.457. The fraction of sp³-hybridized carbons (Fsp3) is 0.357. The van der Waals surface area contributed by atoms with Gasteiger partial charge in [-0.25, -0.2) is 13.8 Å². The van der Waals surface area contributed by atoms with Crippen molar-refractivity contribution in [1.82, 2.24) is 14.9 Å². The molecule has 1 N–H and O–H groups in total. The molecule has 0 aliphatic rings. The van der Waals surface area contributed by atoms with Crippen LogP contribution in [0.5, 0.6) is 0 Å². The maximum Gasteiger partial charge on any atom is 0.150 e. The van der Waals surface area contributed by atoms with E-state index in [4.69, 9.17) is 4.74 Å². The first kappa shape index (κ1) is 14.6. The topological polar surface area (TPSA) is 39.1 Å². The summed E-state index contributed by atoms with van der Waals surface area (Å²) in [4.78, 5) is 3.97. The summed E-state index contributed by atoms with van der Waals surface area (Å²) in [6.45, 7) is 3.26. The maximum absolute atomic E-state index is 14.1. The number of aromatic nitrogens is 2. The van der Waals surface area contributed by atoms with Crippen LogP contribution in [0, 0.1) is 18.6 Å². The highest BCUT2D eigenvalue weighted by atomic mass is 19.1. The molecule has 0 radical (unpaired) electrons. The minimum absolute atomic E-state index is 0.0966. The predicted octanol–water partition coefficient (Wildman–Crippen LogP) is 2.19. The molecule has 0 saturated carbocycles. The number of nitrogens with one attached hydrogen (secondary N) is 1. The molecule has 0 aliphatic carbocycles. The van der Waals surface area contributed by atoms with Crippen LogP contribution in [0.2, 0.25) is 0 Å². The Morgan fingerprint density at radius 2 is 2.00 bits per heavy atom. The number of rotatable bonds is 6. The molecule has 0 atom stereocenters. The van der Waals surface area contributed by atoms with Crippen molar-refractivity contribution in [1.29, 1.82) is 0 Å². The molecule has 0 unspecified atom stereocenters. The van der Waals surface area contributed by atoms with E-state index in [0.717, 1.165) is 0 Å². The molecule has 0 saturated heterocycles. The monoisotopic (exact) mass is 281 g/mol. The van der Waals surface area contributed by atoms with E-state index in [0.29, 0.717) is 31.1 Å². The Kier molecular flexibility index (Phi) is 4.81. The van der Waals surface area contributed by atoms with Gasteiger partial charge >= 0.3 is 0 Å². The van der Waals surface area contributed by atoms with Crippen molar-refractivity contribution in [2.45, 2.75) is 13.5 Å². The Morgan fingerprint density at radius 1 is 1.30 bits per heavy atom. The van der Waals surface area contributed by atoms with Crippen molar-refractivity contribution >= 4 is 0 Å². The van der Waals surface area contributed by atoms with Gasteiger partial charge in [0.15, 0.2) is 11.6 Å². The Balaban J connectivity index is 2.19. The summed E-state index contributed by atoms with van der Waals surface area (Å²) < 4.78 is 34.5. The van der Waals surface area contributed by atoms with Crippen LogP contribution in [0.25, 0.3) is 5.69 Å². The van der Waals surface area contributed by atoms with Crippen LogP contribution in [0.15, 0.2) is 24.5 Å². The molecule has 1 aromatic heterocycles. The third-order valence-corrected chi connectivity index (χ3v) is 2.96. The summed E-state index contributed by atoms with van der Waals surface area (Å²) in [6.07, 6.45) is 3.04. The van der Waals surface area contributed by atoms with Crippen LogP contribution >= 0.6 is 0 Å². The SMILES string of the molecule is COCCNCc1cc(F)c(-n2ccnc2C)c(F)c1. The van der Waals surface area contributed by atoms with Crippen LogP contribution in [-0.2, 0) is 11.3 Å². The van der Waals surface area contributed by atoms with Gasteiger partial charge in [0.2, 0.25) is 0 Å². The fourth-order valence-electron chi connectivity index (χ4n) is 1.97. The summed E-state index contributed by atoms with van der Waals surface area (Å²) in [5, 5.41) is 3.05. The first-order chi connectivity index (χ1) is 9.63. The van der Waals surface area contributed by atoms with Crippen molar-refractivity contribution in [3.63, 3.8) is 0 Å². The van der Waals surface area contributed by atoms with Gasteiger partial charge in [0.1, 0.15) is 11.5 Å². The number of nitrogens with zero attached hydrogens (tertiary/aromatic N) is 2. The lowest BCUT2D eigenvalue weighted by Crippen LogP contribution is -2.19. The van der Waals surface area contributed by atoms with Crippen LogP contribution in [0.3, 0.4) is 0 Å². The van der Waals surface area contributed by atoms with E-state index in [-0.39, 0.29) is 5.69 Å². The van der Waals surface area contributed by atoms with Gasteiger partial charge in [-0.2, -0.15) is 0 Å². The molecule has 2 aromatic rings. The van der Waals surface area contributed by atoms with Crippen molar-refractivity contribution in [2.24, 2.45) is 0 Å². The van der Waals surface area contributed by atoms with Crippen LogP contribution in [-0.4, -0.2) is 29.8 Å². The summed E-state index contributed by atoms with van der Waals surface area (Å²) in [5.74, 6) is -0.668. The summed E-state index contributed by atoms with van der Waals surface area (Å²) >= 11 is 0. The van der Waals surface area contributed by atoms with Crippen LogP contribution in [0.4, 0.5) is 8.78 Å². The van der Waals surface area contributed by atoms with Gasteiger partial charge in [0.25, 0.3) is 0 Å². The zero-order chi connectivity index (χ0) is 14.5.